The molecule has 33 heavy (non-hydrogen) atoms. The van der Waals surface area contributed by atoms with Crippen LogP contribution >= 0.6 is 11.3 Å². The molecule has 0 saturated heterocycles. The van der Waals surface area contributed by atoms with Crippen molar-refractivity contribution in [1.29, 1.82) is 0 Å². The Labute approximate surface area is 199 Å². The van der Waals surface area contributed by atoms with Gasteiger partial charge in [-0.2, -0.15) is 0 Å². The lowest BCUT2D eigenvalue weighted by atomic mass is 9.77. The van der Waals surface area contributed by atoms with Crippen LogP contribution in [0.25, 0.3) is 10.2 Å². The fourth-order valence-electron chi connectivity index (χ4n) is 5.76. The lowest BCUT2D eigenvalue weighted by molar-refractivity contribution is -0.128. The summed E-state index contributed by atoms with van der Waals surface area (Å²) in [4.78, 5) is 29.8. The van der Waals surface area contributed by atoms with Crippen molar-refractivity contribution in [1.82, 2.24) is 9.88 Å². The summed E-state index contributed by atoms with van der Waals surface area (Å²) in [7, 11) is 0. The van der Waals surface area contributed by atoms with Crippen molar-refractivity contribution in [3.63, 3.8) is 0 Å². The van der Waals surface area contributed by atoms with E-state index in [4.69, 9.17) is 0 Å². The Kier molecular flexibility index (Phi) is 5.39. The first-order chi connectivity index (χ1) is 15.7. The second kappa shape index (κ2) is 8.01. The predicted octanol–water partition coefficient (Wildman–Crippen LogP) is 5.68. The third-order valence-corrected chi connectivity index (χ3v) is 8.86. The van der Waals surface area contributed by atoms with Gasteiger partial charge in [-0.1, -0.05) is 44.4 Å². The monoisotopic (exact) mass is 463 g/mol. The summed E-state index contributed by atoms with van der Waals surface area (Å²) in [5, 5.41) is 5.42. The van der Waals surface area contributed by atoms with Crippen LogP contribution in [0.15, 0.2) is 35.7 Å². The minimum atomic E-state index is -1.03. The number of aromatic nitrogens is 1. The molecule has 0 bridgehead atoms. The number of aryl methyl sites for hydroxylation is 2. The molecule has 1 aromatic carbocycles. The normalized spacial score (nSPS) is 27.6. The van der Waals surface area contributed by atoms with E-state index in [1.54, 1.807) is 16.2 Å². The molecule has 1 aliphatic heterocycles. The van der Waals surface area contributed by atoms with Gasteiger partial charge >= 0.3 is 0 Å². The molecule has 2 amide bonds. The molecule has 174 valence electrons. The molecule has 2 aromatic heterocycles. The van der Waals surface area contributed by atoms with Gasteiger partial charge in [-0.15, -0.1) is 11.3 Å². The summed E-state index contributed by atoms with van der Waals surface area (Å²) in [5.74, 6) is 0.830. The molecule has 5 rings (SSSR count). The van der Waals surface area contributed by atoms with Gasteiger partial charge in [0, 0.05) is 11.7 Å². The van der Waals surface area contributed by atoms with E-state index in [1.165, 1.54) is 6.42 Å². The molecule has 1 aliphatic carbocycles. The molecule has 0 unspecified atom stereocenters. The highest BCUT2D eigenvalue weighted by Gasteiger charge is 2.49. The minimum absolute atomic E-state index is 0.0653. The highest BCUT2D eigenvalue weighted by atomic mass is 32.1. The Morgan fingerprint density at radius 2 is 1.94 bits per heavy atom. The summed E-state index contributed by atoms with van der Waals surface area (Å²) >= 11 is 1.63. The van der Waals surface area contributed by atoms with Crippen LogP contribution in [0.1, 0.15) is 61.6 Å². The summed E-state index contributed by atoms with van der Waals surface area (Å²) in [6.45, 7) is 10.9. The topological polar surface area (TPSA) is 54.3 Å². The first kappa shape index (κ1) is 22.2. The maximum Gasteiger partial charge on any atom is 0.275 e. The molecule has 3 aromatic rings. The number of thiophene rings is 1. The molecule has 1 fully saturated rings. The average molecular weight is 464 g/mol. The van der Waals surface area contributed by atoms with E-state index in [9.17, 15) is 9.59 Å². The van der Waals surface area contributed by atoms with Gasteiger partial charge in [-0.3, -0.25) is 14.5 Å². The molecule has 0 radical (unpaired) electrons. The van der Waals surface area contributed by atoms with Crippen LogP contribution in [0.5, 0.6) is 0 Å². The predicted molar refractivity (Wildman–Crippen MR) is 135 cm³/mol. The van der Waals surface area contributed by atoms with Crippen LogP contribution in [0, 0.1) is 25.7 Å². The van der Waals surface area contributed by atoms with E-state index in [0.717, 1.165) is 39.9 Å². The Balaban J connectivity index is 1.60. The van der Waals surface area contributed by atoms with Crippen molar-refractivity contribution < 1.29 is 9.59 Å². The standard InChI is InChI=1S/C27H33N3O2S/c1-16-9-10-21(18(3)13-16)30-25(31)23-14-24-22(11-12-33-24)29(23)15-27(30,5)26(32)28-20-8-6-7-17(2)19(20)4/h9-14,17,19-20H,6-8,15H2,1-5H3,(H,28,32)/t17-,19-,20+,27+/m0/s1. The van der Waals surface area contributed by atoms with Crippen molar-refractivity contribution >= 4 is 39.1 Å². The van der Waals surface area contributed by atoms with E-state index in [0.29, 0.717) is 24.1 Å². The number of amides is 2. The Bertz CT molecular complexity index is 1240. The van der Waals surface area contributed by atoms with Gasteiger partial charge in [0.1, 0.15) is 11.2 Å². The van der Waals surface area contributed by atoms with E-state index in [-0.39, 0.29) is 17.9 Å². The molecule has 3 heterocycles. The Hall–Kier alpha value is -2.60. The average Bonchev–Trinajstić information content (AvgIpc) is 3.35. The van der Waals surface area contributed by atoms with Crippen LogP contribution < -0.4 is 10.2 Å². The van der Waals surface area contributed by atoms with E-state index in [2.05, 4.69) is 25.2 Å². The number of hydrogen-bond acceptors (Lipinski definition) is 3. The first-order valence-electron chi connectivity index (χ1n) is 12.0. The van der Waals surface area contributed by atoms with Gasteiger partial charge in [0.05, 0.1) is 16.8 Å². The number of nitrogens with one attached hydrogen (secondary N) is 1. The van der Waals surface area contributed by atoms with Crippen LogP contribution in [-0.2, 0) is 11.3 Å². The minimum Gasteiger partial charge on any atom is -0.351 e. The fourth-order valence-corrected chi connectivity index (χ4v) is 6.58. The number of hydrogen-bond donors (Lipinski definition) is 1. The largest absolute Gasteiger partial charge is 0.351 e. The van der Waals surface area contributed by atoms with Gasteiger partial charge in [-0.25, -0.2) is 0 Å². The lowest BCUT2D eigenvalue weighted by Gasteiger charge is -2.46. The van der Waals surface area contributed by atoms with Crippen LogP contribution in [0.2, 0.25) is 0 Å². The van der Waals surface area contributed by atoms with Gasteiger partial charge in [-0.05, 0) is 68.2 Å². The van der Waals surface area contributed by atoms with E-state index >= 15 is 0 Å². The molecule has 5 nitrogen and oxygen atoms in total. The number of anilines is 1. The molecule has 1 saturated carbocycles. The van der Waals surface area contributed by atoms with Gasteiger partial charge in [0.25, 0.3) is 5.91 Å². The zero-order valence-electron chi connectivity index (χ0n) is 20.1. The van der Waals surface area contributed by atoms with E-state index < -0.39 is 5.54 Å². The summed E-state index contributed by atoms with van der Waals surface area (Å²) in [6, 6.07) is 10.2. The number of carbonyl (C=O) groups excluding carboxylic acids is 2. The maximum absolute atomic E-state index is 14.0. The molecular formula is C27H33N3O2S. The highest BCUT2D eigenvalue weighted by molar-refractivity contribution is 7.17. The summed E-state index contributed by atoms with van der Waals surface area (Å²) in [5.41, 5.74) is 3.61. The van der Waals surface area contributed by atoms with Gasteiger partial charge in [0.2, 0.25) is 5.91 Å². The van der Waals surface area contributed by atoms with Crippen molar-refractivity contribution in [3.05, 3.63) is 52.5 Å². The third kappa shape index (κ3) is 3.50. The lowest BCUT2D eigenvalue weighted by Crippen LogP contribution is -2.66. The number of rotatable bonds is 3. The number of benzene rings is 1. The molecule has 6 heteroatoms. The van der Waals surface area contributed by atoms with Crippen molar-refractivity contribution in [2.75, 3.05) is 4.90 Å². The van der Waals surface area contributed by atoms with Crippen LogP contribution in [0.4, 0.5) is 5.69 Å². The summed E-state index contributed by atoms with van der Waals surface area (Å²) in [6.07, 6.45) is 3.33. The van der Waals surface area contributed by atoms with Crippen molar-refractivity contribution in [2.45, 2.75) is 72.0 Å². The van der Waals surface area contributed by atoms with E-state index in [1.807, 2.05) is 55.0 Å². The molecule has 2 aliphatic rings. The van der Waals surface area contributed by atoms with Gasteiger partial charge < -0.3 is 9.88 Å². The smallest absolute Gasteiger partial charge is 0.275 e. The maximum atomic E-state index is 14.0. The third-order valence-electron chi connectivity index (χ3n) is 8.01. The zero-order valence-corrected chi connectivity index (χ0v) is 21.0. The van der Waals surface area contributed by atoms with Crippen LogP contribution in [0.3, 0.4) is 0 Å². The zero-order chi connectivity index (χ0) is 23.5. The number of carbonyl (C=O) groups is 2. The molecular weight excluding hydrogens is 430 g/mol. The molecule has 1 N–H and O–H groups in total. The highest BCUT2D eigenvalue weighted by Crippen LogP contribution is 2.39. The fraction of sp³-hybridized carbons (Fsp3) is 0.481. The summed E-state index contributed by atoms with van der Waals surface area (Å²) < 4.78 is 3.12. The quantitative estimate of drug-likeness (QED) is 0.543. The Morgan fingerprint density at radius 3 is 2.70 bits per heavy atom. The van der Waals surface area contributed by atoms with Crippen molar-refractivity contribution in [3.8, 4) is 0 Å². The second-order valence-electron chi connectivity index (χ2n) is 10.3. The van der Waals surface area contributed by atoms with Crippen molar-refractivity contribution in [2.24, 2.45) is 11.8 Å². The SMILES string of the molecule is Cc1ccc(N2C(=O)c3cc4sccc4n3C[C@]2(C)C(=O)N[C@@H]2CCC[C@H](C)[C@@H]2C)c(C)c1. The van der Waals surface area contributed by atoms with Gasteiger partial charge in [0.15, 0.2) is 0 Å². The molecule has 0 spiro atoms. The second-order valence-corrected chi connectivity index (χ2v) is 11.3. The number of fused-ring (bicyclic) bond motifs is 3. The Morgan fingerprint density at radius 1 is 1.15 bits per heavy atom. The molecule has 4 atom stereocenters. The number of nitrogens with zero attached hydrogens (tertiary/aromatic N) is 2. The first-order valence-corrected chi connectivity index (χ1v) is 12.9. The van der Waals surface area contributed by atoms with Crippen LogP contribution in [-0.4, -0.2) is 28.0 Å².